The Morgan fingerprint density at radius 1 is 1.67 bits per heavy atom. The highest BCUT2D eigenvalue weighted by Gasteiger charge is 2.18. The number of hydrogen-bond donors (Lipinski definition) is 1. The van der Waals surface area contributed by atoms with Crippen molar-refractivity contribution in [3.63, 3.8) is 0 Å². The van der Waals surface area contributed by atoms with Crippen LogP contribution in [0, 0.1) is 10.1 Å². The topological polar surface area (TPSA) is 102 Å². The fourth-order valence-electron chi connectivity index (χ4n) is 1.05. The van der Waals surface area contributed by atoms with Crippen molar-refractivity contribution in [1.29, 1.82) is 0 Å². The van der Waals surface area contributed by atoms with E-state index < -0.39 is 28.6 Å². The molecule has 0 aliphatic heterocycles. The van der Waals surface area contributed by atoms with Crippen molar-refractivity contribution in [1.82, 2.24) is 4.98 Å². The summed E-state index contributed by atoms with van der Waals surface area (Å²) < 4.78 is 4.33. The molecule has 1 aromatic heterocycles. The lowest BCUT2D eigenvalue weighted by atomic mass is 10.2. The van der Waals surface area contributed by atoms with Crippen LogP contribution in [0.4, 0.5) is 5.82 Å². The number of nitro groups is 1. The minimum atomic E-state index is -0.750. The average molecular weight is 212 g/mol. The summed E-state index contributed by atoms with van der Waals surface area (Å²) in [5, 5.41) is 10.5. The monoisotopic (exact) mass is 212 g/mol. The van der Waals surface area contributed by atoms with Gasteiger partial charge in [-0.3, -0.25) is 9.59 Å². The van der Waals surface area contributed by atoms with E-state index in [-0.39, 0.29) is 5.56 Å². The van der Waals surface area contributed by atoms with Gasteiger partial charge in [-0.1, -0.05) is 0 Å². The van der Waals surface area contributed by atoms with Gasteiger partial charge in [-0.15, -0.1) is 0 Å². The highest BCUT2D eigenvalue weighted by atomic mass is 16.6. The molecule has 0 amide bonds. The lowest BCUT2D eigenvalue weighted by Crippen LogP contribution is -2.17. The largest absolute Gasteiger partial charge is 0.469 e. The van der Waals surface area contributed by atoms with Crippen molar-refractivity contribution < 1.29 is 14.5 Å². The Hall–Kier alpha value is -2.18. The second-order valence-corrected chi connectivity index (χ2v) is 2.68. The van der Waals surface area contributed by atoms with Crippen LogP contribution in [0.25, 0.3) is 0 Å². The van der Waals surface area contributed by atoms with E-state index in [1.807, 2.05) is 0 Å². The number of pyridine rings is 1. The normalized spacial score (nSPS) is 9.67. The molecule has 0 saturated heterocycles. The van der Waals surface area contributed by atoms with E-state index in [0.29, 0.717) is 0 Å². The van der Waals surface area contributed by atoms with E-state index in [9.17, 15) is 19.7 Å². The molecule has 1 rings (SSSR count). The molecule has 0 aromatic carbocycles. The van der Waals surface area contributed by atoms with Crippen molar-refractivity contribution >= 4 is 11.8 Å². The lowest BCUT2D eigenvalue weighted by Gasteiger charge is -2.01. The van der Waals surface area contributed by atoms with Crippen LogP contribution in [0.5, 0.6) is 0 Å². The van der Waals surface area contributed by atoms with Crippen molar-refractivity contribution in [2.24, 2.45) is 0 Å². The Labute approximate surface area is 83.8 Å². The number of H-pyrrole nitrogens is 1. The zero-order valence-electron chi connectivity index (χ0n) is 7.85. The van der Waals surface area contributed by atoms with Crippen LogP contribution in [0.3, 0.4) is 0 Å². The van der Waals surface area contributed by atoms with Crippen LogP contribution in [0.2, 0.25) is 0 Å². The summed E-state index contributed by atoms with van der Waals surface area (Å²) >= 11 is 0. The van der Waals surface area contributed by atoms with Gasteiger partial charge in [0, 0.05) is 6.07 Å². The van der Waals surface area contributed by atoms with Gasteiger partial charge in [-0.2, -0.15) is 0 Å². The molecule has 0 spiro atoms. The highest BCUT2D eigenvalue weighted by Crippen LogP contribution is 2.10. The fourth-order valence-corrected chi connectivity index (χ4v) is 1.05. The molecule has 0 bridgehead atoms. The minimum absolute atomic E-state index is 0.200. The molecule has 1 aromatic rings. The number of carbonyl (C=O) groups is 1. The molecule has 0 saturated carbocycles. The number of methoxy groups -OCH3 is 1. The standard InChI is InChI=1S/C8H8N2O5/c1-15-7(12)4-5-6(11)2-3-9-8(5)10(13)14/h2-3H,4H2,1H3,(H,9,11). The second-order valence-electron chi connectivity index (χ2n) is 2.68. The summed E-state index contributed by atoms with van der Waals surface area (Å²) in [7, 11) is 1.14. The van der Waals surface area contributed by atoms with Crippen LogP contribution in [-0.2, 0) is 16.0 Å². The number of aromatic amines is 1. The Bertz CT molecular complexity index is 451. The van der Waals surface area contributed by atoms with Crippen molar-refractivity contribution in [3.05, 3.63) is 38.2 Å². The molecule has 1 N–H and O–H groups in total. The Morgan fingerprint density at radius 2 is 2.33 bits per heavy atom. The highest BCUT2D eigenvalue weighted by molar-refractivity contribution is 5.73. The number of esters is 1. The molecule has 7 nitrogen and oxygen atoms in total. The first-order valence-corrected chi connectivity index (χ1v) is 3.98. The molecular formula is C8H8N2O5. The second kappa shape index (κ2) is 4.36. The van der Waals surface area contributed by atoms with Crippen LogP contribution >= 0.6 is 0 Å². The molecule has 7 heteroatoms. The maximum absolute atomic E-state index is 11.3. The number of nitrogens with zero attached hydrogens (tertiary/aromatic N) is 1. The summed E-state index contributed by atoms with van der Waals surface area (Å²) in [6.07, 6.45) is 0.740. The quantitative estimate of drug-likeness (QED) is 0.431. The van der Waals surface area contributed by atoms with Gasteiger partial charge in [0.25, 0.3) is 0 Å². The van der Waals surface area contributed by atoms with Crippen LogP contribution in [0.1, 0.15) is 5.56 Å². The van der Waals surface area contributed by atoms with Crippen molar-refractivity contribution in [2.45, 2.75) is 6.42 Å². The average Bonchev–Trinajstić information content (AvgIpc) is 2.20. The van der Waals surface area contributed by atoms with E-state index in [4.69, 9.17) is 0 Å². The van der Waals surface area contributed by atoms with Gasteiger partial charge in [0.05, 0.1) is 19.7 Å². The first-order valence-electron chi connectivity index (χ1n) is 3.98. The van der Waals surface area contributed by atoms with Crippen LogP contribution < -0.4 is 5.43 Å². The van der Waals surface area contributed by atoms with Gasteiger partial charge in [-0.25, -0.2) is 4.98 Å². The zero-order chi connectivity index (χ0) is 11.4. The number of hydrogen-bond acceptors (Lipinski definition) is 5. The van der Waals surface area contributed by atoms with Crippen LogP contribution in [0.15, 0.2) is 17.1 Å². The maximum atomic E-state index is 11.3. The Balaban J connectivity index is 3.19. The van der Waals surface area contributed by atoms with Gasteiger partial charge in [0.2, 0.25) is 0 Å². The summed E-state index contributed by atoms with van der Waals surface area (Å²) in [4.78, 5) is 34.3. The Morgan fingerprint density at radius 3 is 2.87 bits per heavy atom. The fraction of sp³-hybridized carbons (Fsp3) is 0.250. The first kappa shape index (κ1) is 10.9. The van der Waals surface area contributed by atoms with Crippen molar-refractivity contribution in [3.8, 4) is 0 Å². The minimum Gasteiger partial charge on any atom is -0.469 e. The molecule has 0 unspecified atom stereocenters. The number of ether oxygens (including phenoxy) is 1. The summed E-state index contributed by atoms with van der Waals surface area (Å²) in [6.45, 7) is 0. The molecule has 0 radical (unpaired) electrons. The summed E-state index contributed by atoms with van der Waals surface area (Å²) in [6, 6.07) is 1.12. The molecule has 0 aliphatic rings. The molecule has 0 aliphatic carbocycles. The van der Waals surface area contributed by atoms with Gasteiger partial charge in [0.15, 0.2) is 5.43 Å². The SMILES string of the molecule is COC(=O)Cc1c([N+](=O)[O-])[nH]ccc1=O. The van der Waals surface area contributed by atoms with Gasteiger partial charge < -0.3 is 14.9 Å². The molecule has 15 heavy (non-hydrogen) atoms. The molecule has 0 fully saturated rings. The number of aromatic nitrogens is 1. The maximum Gasteiger partial charge on any atom is 0.328 e. The van der Waals surface area contributed by atoms with Gasteiger partial charge >= 0.3 is 11.8 Å². The van der Waals surface area contributed by atoms with Crippen molar-refractivity contribution in [2.75, 3.05) is 7.11 Å². The molecule has 80 valence electrons. The van der Waals surface area contributed by atoms with Gasteiger partial charge in [0.1, 0.15) is 5.56 Å². The third-order valence-electron chi connectivity index (χ3n) is 1.77. The number of carbonyl (C=O) groups excluding carboxylic acids is 1. The molecular weight excluding hydrogens is 204 g/mol. The van der Waals surface area contributed by atoms with E-state index in [1.165, 1.54) is 0 Å². The molecule has 1 heterocycles. The first-order chi connectivity index (χ1) is 7.06. The van der Waals surface area contributed by atoms with E-state index in [2.05, 4.69) is 9.72 Å². The predicted molar refractivity (Wildman–Crippen MR) is 49.4 cm³/mol. The smallest absolute Gasteiger partial charge is 0.328 e. The lowest BCUT2D eigenvalue weighted by molar-refractivity contribution is -0.390. The summed E-state index contributed by atoms with van der Waals surface area (Å²) in [5.41, 5.74) is -0.764. The van der Waals surface area contributed by atoms with E-state index in [0.717, 1.165) is 19.4 Å². The third-order valence-corrected chi connectivity index (χ3v) is 1.77. The predicted octanol–water partition coefficient (Wildman–Crippen LogP) is -0.00140. The Kier molecular flexibility index (Phi) is 3.17. The van der Waals surface area contributed by atoms with Gasteiger partial charge in [-0.05, 0) is 4.92 Å². The van der Waals surface area contributed by atoms with E-state index in [1.54, 1.807) is 0 Å². The van der Waals surface area contributed by atoms with E-state index >= 15 is 0 Å². The zero-order valence-corrected chi connectivity index (χ0v) is 7.85. The number of nitrogens with one attached hydrogen (secondary N) is 1. The summed E-state index contributed by atoms with van der Waals surface area (Å²) in [5.74, 6) is -1.18. The third kappa shape index (κ3) is 2.39. The van der Waals surface area contributed by atoms with Crippen LogP contribution in [-0.4, -0.2) is 23.0 Å². The number of rotatable bonds is 3. The molecule has 0 atom stereocenters.